The second-order valence-corrected chi connectivity index (χ2v) is 9.62. The molecule has 3 aromatic rings. The lowest BCUT2D eigenvalue weighted by molar-refractivity contribution is -0.123. The van der Waals surface area contributed by atoms with Crippen LogP contribution in [-0.2, 0) is 17.9 Å². The van der Waals surface area contributed by atoms with Gasteiger partial charge >= 0.3 is 0 Å². The minimum absolute atomic E-state index is 0.0588. The molecule has 1 aliphatic heterocycles. The van der Waals surface area contributed by atoms with E-state index in [2.05, 4.69) is 0 Å². The van der Waals surface area contributed by atoms with E-state index in [1.807, 2.05) is 0 Å². The van der Waals surface area contributed by atoms with E-state index in [4.69, 9.17) is 44.3 Å². The summed E-state index contributed by atoms with van der Waals surface area (Å²) in [6.07, 6.45) is 1.59. The predicted octanol–water partition coefficient (Wildman–Crippen LogP) is 7.61. The third-order valence-corrected chi connectivity index (χ3v) is 7.10. The van der Waals surface area contributed by atoms with Crippen LogP contribution < -0.4 is 9.47 Å². The second kappa shape index (κ2) is 10.9. The molecule has 0 aromatic heterocycles. The standard InChI is InChI=1S/C25H17Cl3FNO4S/c1-33-21-8-5-14(9-22(21)34-13-17-18(26)3-2-4-19(17)27)10-23-24(31)30(25(32)35-23)12-15-6-7-16(29)11-20(15)28/h2-11H,12-13H2,1H3/b23-10-. The van der Waals surface area contributed by atoms with Crippen LogP contribution in [0.25, 0.3) is 6.08 Å². The molecule has 4 rings (SSSR count). The van der Waals surface area contributed by atoms with Crippen molar-refractivity contribution >= 4 is 63.8 Å². The number of ether oxygens (including phenoxy) is 2. The molecule has 0 aliphatic carbocycles. The van der Waals surface area contributed by atoms with Gasteiger partial charge in [0.25, 0.3) is 11.1 Å². The quantitative estimate of drug-likeness (QED) is 0.282. The highest BCUT2D eigenvalue weighted by molar-refractivity contribution is 8.18. The van der Waals surface area contributed by atoms with Crippen molar-refractivity contribution in [1.82, 2.24) is 4.90 Å². The maximum atomic E-state index is 13.3. The third kappa shape index (κ3) is 5.76. The molecule has 1 aliphatic rings. The molecule has 1 fully saturated rings. The number of benzene rings is 3. The van der Waals surface area contributed by atoms with Crippen molar-refractivity contribution in [2.45, 2.75) is 13.2 Å². The fraction of sp³-hybridized carbons (Fsp3) is 0.120. The zero-order valence-corrected chi connectivity index (χ0v) is 21.3. The number of thioether (sulfide) groups is 1. The van der Waals surface area contributed by atoms with Crippen LogP contribution in [0.5, 0.6) is 11.5 Å². The summed E-state index contributed by atoms with van der Waals surface area (Å²) in [5.41, 5.74) is 1.72. The fourth-order valence-electron chi connectivity index (χ4n) is 3.32. The van der Waals surface area contributed by atoms with Crippen molar-refractivity contribution in [3.63, 3.8) is 0 Å². The van der Waals surface area contributed by atoms with Crippen LogP contribution in [0, 0.1) is 5.82 Å². The monoisotopic (exact) mass is 551 g/mol. The zero-order chi connectivity index (χ0) is 25.1. The number of hydrogen-bond acceptors (Lipinski definition) is 5. The van der Waals surface area contributed by atoms with Crippen LogP contribution in [0.2, 0.25) is 15.1 Å². The summed E-state index contributed by atoms with van der Waals surface area (Å²) in [5, 5.41) is 0.647. The first-order valence-electron chi connectivity index (χ1n) is 10.2. The molecular formula is C25H17Cl3FNO4S. The van der Waals surface area contributed by atoms with Gasteiger partial charge in [0.1, 0.15) is 12.4 Å². The minimum Gasteiger partial charge on any atom is -0.493 e. The van der Waals surface area contributed by atoms with E-state index >= 15 is 0 Å². The molecule has 35 heavy (non-hydrogen) atoms. The van der Waals surface area contributed by atoms with E-state index in [9.17, 15) is 14.0 Å². The van der Waals surface area contributed by atoms with Crippen molar-refractivity contribution in [3.05, 3.63) is 97.1 Å². The summed E-state index contributed by atoms with van der Waals surface area (Å²) in [4.78, 5) is 26.7. The number of methoxy groups -OCH3 is 1. The lowest BCUT2D eigenvalue weighted by Gasteiger charge is -2.14. The van der Waals surface area contributed by atoms with Crippen LogP contribution in [-0.4, -0.2) is 23.2 Å². The summed E-state index contributed by atoms with van der Waals surface area (Å²) in [5.74, 6) is -0.0809. The Hall–Kier alpha value is -2.71. The Morgan fingerprint density at radius 1 is 0.971 bits per heavy atom. The van der Waals surface area contributed by atoms with Gasteiger partial charge in [-0.2, -0.15) is 0 Å². The summed E-state index contributed by atoms with van der Waals surface area (Å²) in [6.45, 7) is 0.0456. The lowest BCUT2D eigenvalue weighted by Crippen LogP contribution is -2.27. The highest BCUT2D eigenvalue weighted by atomic mass is 35.5. The number of imide groups is 1. The first-order chi connectivity index (χ1) is 16.8. The summed E-state index contributed by atoms with van der Waals surface area (Å²) < 4.78 is 24.6. The van der Waals surface area contributed by atoms with Crippen LogP contribution in [0.4, 0.5) is 9.18 Å². The number of rotatable bonds is 7. The van der Waals surface area contributed by atoms with Gasteiger partial charge in [-0.15, -0.1) is 0 Å². The molecule has 0 bridgehead atoms. The molecular weight excluding hydrogens is 536 g/mol. The molecule has 0 spiro atoms. The van der Waals surface area contributed by atoms with Gasteiger partial charge in [-0.25, -0.2) is 4.39 Å². The number of hydrogen-bond donors (Lipinski definition) is 0. The molecule has 5 nitrogen and oxygen atoms in total. The highest BCUT2D eigenvalue weighted by Crippen LogP contribution is 2.36. The Morgan fingerprint density at radius 3 is 2.40 bits per heavy atom. The Morgan fingerprint density at radius 2 is 1.71 bits per heavy atom. The lowest BCUT2D eigenvalue weighted by atomic mass is 10.1. The third-order valence-electron chi connectivity index (χ3n) is 5.14. The van der Waals surface area contributed by atoms with Crippen LogP contribution in [0.3, 0.4) is 0 Å². The van der Waals surface area contributed by atoms with Crippen LogP contribution in [0.15, 0.2) is 59.5 Å². The van der Waals surface area contributed by atoms with Gasteiger partial charge in [0.2, 0.25) is 0 Å². The van der Waals surface area contributed by atoms with Crippen molar-refractivity contribution in [2.75, 3.05) is 7.11 Å². The van der Waals surface area contributed by atoms with E-state index in [-0.39, 0.29) is 23.1 Å². The number of carbonyl (C=O) groups excluding carboxylic acids is 2. The molecule has 0 radical (unpaired) electrons. The van der Waals surface area contributed by atoms with Crippen molar-refractivity contribution in [2.24, 2.45) is 0 Å². The average Bonchev–Trinajstić information content (AvgIpc) is 3.08. The largest absolute Gasteiger partial charge is 0.493 e. The van der Waals surface area contributed by atoms with Gasteiger partial charge < -0.3 is 9.47 Å². The molecule has 0 unspecified atom stereocenters. The molecule has 10 heteroatoms. The van der Waals surface area contributed by atoms with Gasteiger partial charge in [-0.05, 0) is 65.4 Å². The smallest absolute Gasteiger partial charge is 0.293 e. The molecule has 2 amide bonds. The summed E-state index contributed by atoms with van der Waals surface area (Å²) >= 11 is 19.3. The van der Waals surface area contributed by atoms with Gasteiger partial charge in [0, 0.05) is 20.6 Å². The predicted molar refractivity (Wildman–Crippen MR) is 137 cm³/mol. The number of nitrogens with zero attached hydrogens (tertiary/aromatic N) is 1. The van der Waals surface area contributed by atoms with E-state index in [1.165, 1.54) is 19.2 Å². The molecule has 0 atom stereocenters. The van der Waals surface area contributed by atoms with Gasteiger partial charge in [0.05, 0.1) is 18.6 Å². The minimum atomic E-state index is -0.498. The van der Waals surface area contributed by atoms with Crippen LogP contribution in [0.1, 0.15) is 16.7 Å². The normalized spacial score (nSPS) is 14.7. The average molecular weight is 553 g/mol. The Kier molecular flexibility index (Phi) is 7.91. The van der Waals surface area contributed by atoms with E-state index in [1.54, 1.807) is 42.5 Å². The maximum absolute atomic E-state index is 13.3. The summed E-state index contributed by atoms with van der Waals surface area (Å²) in [7, 11) is 1.51. The van der Waals surface area contributed by atoms with Crippen molar-refractivity contribution in [3.8, 4) is 11.5 Å². The number of halogens is 4. The first kappa shape index (κ1) is 25.4. The van der Waals surface area contributed by atoms with E-state index < -0.39 is 17.0 Å². The molecule has 0 N–H and O–H groups in total. The van der Waals surface area contributed by atoms with E-state index in [0.29, 0.717) is 38.2 Å². The fourth-order valence-corrected chi connectivity index (χ4v) is 4.90. The van der Waals surface area contributed by atoms with Gasteiger partial charge in [-0.3, -0.25) is 14.5 Å². The van der Waals surface area contributed by atoms with Crippen molar-refractivity contribution in [1.29, 1.82) is 0 Å². The molecule has 180 valence electrons. The summed E-state index contributed by atoms with van der Waals surface area (Å²) in [6, 6.07) is 14.1. The van der Waals surface area contributed by atoms with Crippen molar-refractivity contribution < 1.29 is 23.5 Å². The highest BCUT2D eigenvalue weighted by Gasteiger charge is 2.35. The maximum Gasteiger partial charge on any atom is 0.293 e. The number of amides is 2. The first-order valence-corrected chi connectivity index (χ1v) is 12.1. The molecule has 1 saturated heterocycles. The number of carbonyl (C=O) groups is 2. The van der Waals surface area contributed by atoms with Gasteiger partial charge in [-0.1, -0.05) is 53.0 Å². The topological polar surface area (TPSA) is 55.8 Å². The van der Waals surface area contributed by atoms with E-state index in [0.717, 1.165) is 22.7 Å². The Labute approximate surface area is 220 Å². The molecule has 3 aromatic carbocycles. The van der Waals surface area contributed by atoms with Crippen LogP contribution >= 0.6 is 46.6 Å². The SMILES string of the molecule is COc1ccc(/C=C2\SC(=O)N(Cc3ccc(F)cc3Cl)C2=O)cc1OCc1c(Cl)cccc1Cl. The second-order valence-electron chi connectivity index (χ2n) is 7.40. The Balaban J connectivity index is 1.55. The van der Waals surface area contributed by atoms with Gasteiger partial charge in [0.15, 0.2) is 11.5 Å². The Bertz CT molecular complexity index is 1330. The molecule has 1 heterocycles. The zero-order valence-electron chi connectivity index (χ0n) is 18.2. The molecule has 0 saturated carbocycles.